The SMILES string of the molecule is Cc1ccccc1NC(=O)C1CCC(C(=O)N2CCCC2)CC1. The molecule has 1 N–H and O–H groups in total. The molecule has 1 heterocycles. The van der Waals surface area contributed by atoms with E-state index < -0.39 is 0 Å². The number of anilines is 1. The summed E-state index contributed by atoms with van der Waals surface area (Å²) in [5.41, 5.74) is 1.98. The summed E-state index contributed by atoms with van der Waals surface area (Å²) in [6.07, 6.45) is 5.62. The minimum Gasteiger partial charge on any atom is -0.342 e. The van der Waals surface area contributed by atoms with E-state index in [4.69, 9.17) is 0 Å². The Morgan fingerprint density at radius 1 is 1.00 bits per heavy atom. The Bertz CT molecular complexity index is 570. The average Bonchev–Trinajstić information content (AvgIpc) is 3.11. The molecular weight excluding hydrogens is 288 g/mol. The van der Waals surface area contributed by atoms with Crippen molar-refractivity contribution in [2.75, 3.05) is 18.4 Å². The Labute approximate surface area is 138 Å². The van der Waals surface area contributed by atoms with Crippen LogP contribution in [0.15, 0.2) is 24.3 Å². The number of carbonyl (C=O) groups excluding carboxylic acids is 2. The van der Waals surface area contributed by atoms with E-state index in [0.717, 1.165) is 62.9 Å². The number of hydrogen-bond donors (Lipinski definition) is 1. The molecule has 4 heteroatoms. The molecule has 23 heavy (non-hydrogen) atoms. The lowest BCUT2D eigenvalue weighted by Crippen LogP contribution is -2.37. The number of aryl methyl sites for hydroxylation is 1. The number of amides is 2. The summed E-state index contributed by atoms with van der Waals surface area (Å²) in [6.45, 7) is 3.85. The van der Waals surface area contributed by atoms with Gasteiger partial charge in [0.25, 0.3) is 0 Å². The van der Waals surface area contributed by atoms with Gasteiger partial charge in [0.15, 0.2) is 0 Å². The summed E-state index contributed by atoms with van der Waals surface area (Å²) in [4.78, 5) is 26.9. The third-order valence-corrected chi connectivity index (χ3v) is 5.27. The number of para-hydroxylation sites is 1. The fourth-order valence-corrected chi connectivity index (χ4v) is 3.75. The van der Waals surface area contributed by atoms with Gasteiger partial charge in [0.05, 0.1) is 0 Å². The zero-order valence-corrected chi connectivity index (χ0v) is 13.9. The maximum atomic E-state index is 12.4. The summed E-state index contributed by atoms with van der Waals surface area (Å²) in [6, 6.07) is 7.85. The molecule has 4 nitrogen and oxygen atoms in total. The van der Waals surface area contributed by atoms with E-state index in [-0.39, 0.29) is 17.7 Å². The van der Waals surface area contributed by atoms with Crippen molar-refractivity contribution in [3.63, 3.8) is 0 Å². The van der Waals surface area contributed by atoms with Gasteiger partial charge in [-0.15, -0.1) is 0 Å². The first-order valence-electron chi connectivity index (χ1n) is 8.80. The van der Waals surface area contributed by atoms with Crippen molar-refractivity contribution in [2.24, 2.45) is 11.8 Å². The molecule has 1 saturated carbocycles. The Balaban J connectivity index is 1.51. The number of nitrogens with one attached hydrogen (secondary N) is 1. The summed E-state index contributed by atoms with van der Waals surface area (Å²) >= 11 is 0. The van der Waals surface area contributed by atoms with Crippen LogP contribution in [0.5, 0.6) is 0 Å². The summed E-state index contributed by atoms with van der Waals surface area (Å²) in [5.74, 6) is 0.597. The Hall–Kier alpha value is -1.84. The molecule has 0 aromatic heterocycles. The average molecular weight is 314 g/mol. The lowest BCUT2D eigenvalue weighted by molar-refractivity contribution is -0.136. The molecule has 0 spiro atoms. The van der Waals surface area contributed by atoms with E-state index >= 15 is 0 Å². The third-order valence-electron chi connectivity index (χ3n) is 5.27. The molecule has 0 bridgehead atoms. The van der Waals surface area contributed by atoms with Gasteiger partial charge in [-0.05, 0) is 57.1 Å². The zero-order chi connectivity index (χ0) is 16.2. The zero-order valence-electron chi connectivity index (χ0n) is 13.9. The van der Waals surface area contributed by atoms with E-state index in [0.29, 0.717) is 5.91 Å². The second-order valence-electron chi connectivity index (χ2n) is 6.89. The van der Waals surface area contributed by atoms with Gasteiger partial charge in [0.2, 0.25) is 11.8 Å². The van der Waals surface area contributed by atoms with E-state index in [1.165, 1.54) is 0 Å². The third kappa shape index (κ3) is 3.74. The van der Waals surface area contributed by atoms with Crippen LogP contribution in [-0.4, -0.2) is 29.8 Å². The van der Waals surface area contributed by atoms with Crippen LogP contribution in [0.4, 0.5) is 5.69 Å². The number of benzene rings is 1. The van der Waals surface area contributed by atoms with Gasteiger partial charge in [-0.1, -0.05) is 18.2 Å². The monoisotopic (exact) mass is 314 g/mol. The Kier molecular flexibility index (Phi) is 4.99. The Morgan fingerprint density at radius 2 is 1.61 bits per heavy atom. The van der Waals surface area contributed by atoms with Crippen LogP contribution in [-0.2, 0) is 9.59 Å². The molecule has 1 aliphatic heterocycles. The van der Waals surface area contributed by atoms with E-state index in [1.807, 2.05) is 36.1 Å². The number of hydrogen-bond acceptors (Lipinski definition) is 2. The van der Waals surface area contributed by atoms with Crippen molar-refractivity contribution in [1.29, 1.82) is 0 Å². The molecule has 1 aromatic carbocycles. The molecular formula is C19H26N2O2. The number of carbonyl (C=O) groups is 2. The molecule has 1 saturated heterocycles. The van der Waals surface area contributed by atoms with Crippen molar-refractivity contribution in [2.45, 2.75) is 45.4 Å². The molecule has 0 atom stereocenters. The molecule has 0 radical (unpaired) electrons. The van der Waals surface area contributed by atoms with Crippen LogP contribution in [0.2, 0.25) is 0 Å². The summed E-state index contributed by atoms with van der Waals surface area (Å²) in [7, 11) is 0. The topological polar surface area (TPSA) is 49.4 Å². The molecule has 124 valence electrons. The normalized spacial score (nSPS) is 24.5. The van der Waals surface area contributed by atoms with E-state index in [1.54, 1.807) is 0 Å². The van der Waals surface area contributed by atoms with Crippen molar-refractivity contribution in [1.82, 2.24) is 4.90 Å². The molecule has 2 aliphatic rings. The summed E-state index contributed by atoms with van der Waals surface area (Å²) in [5, 5.41) is 3.04. The molecule has 1 aliphatic carbocycles. The fraction of sp³-hybridized carbons (Fsp3) is 0.579. The maximum Gasteiger partial charge on any atom is 0.227 e. The highest BCUT2D eigenvalue weighted by Crippen LogP contribution is 2.31. The van der Waals surface area contributed by atoms with Crippen molar-refractivity contribution in [3.05, 3.63) is 29.8 Å². The van der Waals surface area contributed by atoms with Gasteiger partial charge in [-0.3, -0.25) is 9.59 Å². The highest BCUT2D eigenvalue weighted by Gasteiger charge is 2.32. The van der Waals surface area contributed by atoms with Crippen molar-refractivity contribution in [3.8, 4) is 0 Å². The summed E-state index contributed by atoms with van der Waals surface area (Å²) < 4.78 is 0. The van der Waals surface area contributed by atoms with Gasteiger partial charge in [0, 0.05) is 30.6 Å². The lowest BCUT2D eigenvalue weighted by atomic mass is 9.81. The van der Waals surface area contributed by atoms with E-state index in [9.17, 15) is 9.59 Å². The predicted molar refractivity (Wildman–Crippen MR) is 91.1 cm³/mol. The van der Waals surface area contributed by atoms with Crippen LogP contribution in [0.1, 0.15) is 44.1 Å². The smallest absolute Gasteiger partial charge is 0.227 e. The predicted octanol–water partition coefficient (Wildman–Crippen LogP) is 3.36. The highest BCUT2D eigenvalue weighted by atomic mass is 16.2. The number of rotatable bonds is 3. The van der Waals surface area contributed by atoms with Gasteiger partial charge in [-0.25, -0.2) is 0 Å². The number of nitrogens with zero attached hydrogens (tertiary/aromatic N) is 1. The molecule has 2 fully saturated rings. The van der Waals surface area contributed by atoms with Crippen LogP contribution in [0.3, 0.4) is 0 Å². The second kappa shape index (κ2) is 7.16. The van der Waals surface area contributed by atoms with Crippen LogP contribution >= 0.6 is 0 Å². The van der Waals surface area contributed by atoms with Crippen molar-refractivity contribution < 1.29 is 9.59 Å². The molecule has 3 rings (SSSR count). The Morgan fingerprint density at radius 3 is 2.26 bits per heavy atom. The minimum atomic E-state index is 0.0391. The minimum absolute atomic E-state index is 0.0391. The largest absolute Gasteiger partial charge is 0.342 e. The first-order chi connectivity index (χ1) is 11.1. The molecule has 2 amide bonds. The molecule has 0 unspecified atom stereocenters. The standard InChI is InChI=1S/C19H26N2O2/c1-14-6-2-3-7-17(14)20-18(22)15-8-10-16(11-9-15)19(23)21-12-4-5-13-21/h2-3,6-7,15-16H,4-5,8-13H2,1H3,(H,20,22). The second-order valence-corrected chi connectivity index (χ2v) is 6.89. The van der Waals surface area contributed by atoms with Crippen LogP contribution < -0.4 is 5.32 Å². The maximum absolute atomic E-state index is 12.4. The first-order valence-corrected chi connectivity index (χ1v) is 8.80. The van der Waals surface area contributed by atoms with Crippen molar-refractivity contribution >= 4 is 17.5 Å². The van der Waals surface area contributed by atoms with Gasteiger partial charge < -0.3 is 10.2 Å². The van der Waals surface area contributed by atoms with Crippen LogP contribution in [0, 0.1) is 18.8 Å². The first kappa shape index (κ1) is 16.0. The lowest BCUT2D eigenvalue weighted by Gasteiger charge is -2.30. The van der Waals surface area contributed by atoms with Gasteiger partial charge in [-0.2, -0.15) is 0 Å². The highest BCUT2D eigenvalue weighted by molar-refractivity contribution is 5.93. The fourth-order valence-electron chi connectivity index (χ4n) is 3.75. The molecule has 1 aromatic rings. The van der Waals surface area contributed by atoms with Crippen LogP contribution in [0.25, 0.3) is 0 Å². The quantitative estimate of drug-likeness (QED) is 0.930. The number of likely N-dealkylation sites (tertiary alicyclic amines) is 1. The van der Waals surface area contributed by atoms with Gasteiger partial charge >= 0.3 is 0 Å². The van der Waals surface area contributed by atoms with Gasteiger partial charge in [0.1, 0.15) is 0 Å². The van der Waals surface area contributed by atoms with E-state index in [2.05, 4.69) is 5.32 Å².